The zero-order valence-corrected chi connectivity index (χ0v) is 10.6. The van der Waals surface area contributed by atoms with Crippen molar-refractivity contribution in [3.05, 3.63) is 0 Å². The van der Waals surface area contributed by atoms with E-state index in [1.54, 1.807) is 0 Å². The maximum atomic E-state index is 9.32. The van der Waals surface area contributed by atoms with E-state index in [-0.39, 0.29) is 12.0 Å². The van der Waals surface area contributed by atoms with Crippen LogP contribution in [0.5, 0.6) is 0 Å². The fourth-order valence-corrected chi connectivity index (χ4v) is 2.32. The van der Waals surface area contributed by atoms with Crippen LogP contribution >= 0.6 is 0 Å². The molecule has 0 bridgehead atoms. The van der Waals surface area contributed by atoms with Crippen molar-refractivity contribution in [2.24, 2.45) is 11.3 Å². The van der Waals surface area contributed by atoms with Gasteiger partial charge in [-0.25, -0.2) is 0 Å². The Bertz CT molecular complexity index is 171. The highest BCUT2D eigenvalue weighted by atomic mass is 16.3. The summed E-state index contributed by atoms with van der Waals surface area (Å²) in [6, 6.07) is 0.616. The summed E-state index contributed by atoms with van der Waals surface area (Å²) < 4.78 is 0. The van der Waals surface area contributed by atoms with Gasteiger partial charge in [0.2, 0.25) is 0 Å². The van der Waals surface area contributed by atoms with Crippen molar-refractivity contribution in [3.8, 4) is 0 Å². The van der Waals surface area contributed by atoms with Gasteiger partial charge in [-0.15, -0.1) is 0 Å². The van der Waals surface area contributed by atoms with Gasteiger partial charge in [0.15, 0.2) is 0 Å². The number of aliphatic hydroxyl groups excluding tert-OH is 1. The Morgan fingerprint density at radius 2 is 2.00 bits per heavy atom. The lowest BCUT2D eigenvalue weighted by Crippen LogP contribution is -2.41. The zero-order chi connectivity index (χ0) is 11.3. The number of nitrogens with one attached hydrogen (secondary N) is 1. The minimum absolute atomic E-state index is 0.0624. The predicted molar refractivity (Wildman–Crippen MR) is 64.9 cm³/mol. The molecule has 0 spiro atoms. The minimum Gasteiger partial charge on any atom is -0.396 e. The van der Waals surface area contributed by atoms with Crippen molar-refractivity contribution in [3.63, 3.8) is 0 Å². The van der Waals surface area contributed by atoms with Crippen LogP contribution in [0, 0.1) is 11.3 Å². The highest BCUT2D eigenvalue weighted by Crippen LogP contribution is 2.28. The molecule has 0 saturated heterocycles. The van der Waals surface area contributed by atoms with Crippen molar-refractivity contribution in [1.29, 1.82) is 0 Å². The Hall–Kier alpha value is -0.0800. The minimum atomic E-state index is 0.0624. The fourth-order valence-electron chi connectivity index (χ4n) is 2.32. The molecule has 1 rings (SSSR count). The van der Waals surface area contributed by atoms with Gasteiger partial charge in [-0.3, -0.25) is 0 Å². The number of hydrogen-bond donors (Lipinski definition) is 2. The standard InChI is InChI=1S/C13H27NO/c1-4-13(3,10-15)9-14-11(2)12-7-5-6-8-12/h11-12,14-15H,4-10H2,1-3H3. The van der Waals surface area contributed by atoms with Gasteiger partial charge in [-0.2, -0.15) is 0 Å². The molecule has 0 heterocycles. The summed E-state index contributed by atoms with van der Waals surface area (Å²) >= 11 is 0. The van der Waals surface area contributed by atoms with Gasteiger partial charge in [-0.1, -0.05) is 26.7 Å². The van der Waals surface area contributed by atoms with Crippen LogP contribution in [0.4, 0.5) is 0 Å². The largest absolute Gasteiger partial charge is 0.396 e. The van der Waals surface area contributed by atoms with Crippen LogP contribution in [0.15, 0.2) is 0 Å². The number of aliphatic hydroxyl groups is 1. The number of rotatable bonds is 6. The molecule has 2 nitrogen and oxygen atoms in total. The van der Waals surface area contributed by atoms with Crippen molar-refractivity contribution in [1.82, 2.24) is 5.32 Å². The lowest BCUT2D eigenvalue weighted by Gasteiger charge is -2.30. The molecule has 90 valence electrons. The van der Waals surface area contributed by atoms with E-state index >= 15 is 0 Å². The second kappa shape index (κ2) is 5.86. The Balaban J connectivity index is 2.28. The van der Waals surface area contributed by atoms with E-state index < -0.39 is 0 Å². The van der Waals surface area contributed by atoms with E-state index in [2.05, 4.69) is 26.1 Å². The Morgan fingerprint density at radius 3 is 2.47 bits per heavy atom. The molecule has 1 aliphatic carbocycles. The van der Waals surface area contributed by atoms with E-state index in [0.717, 1.165) is 18.9 Å². The highest BCUT2D eigenvalue weighted by molar-refractivity contribution is 4.81. The normalized spacial score (nSPS) is 24.0. The van der Waals surface area contributed by atoms with Crippen LogP contribution in [-0.4, -0.2) is 24.3 Å². The van der Waals surface area contributed by atoms with Crippen LogP contribution in [0.25, 0.3) is 0 Å². The maximum absolute atomic E-state index is 9.32. The van der Waals surface area contributed by atoms with Gasteiger partial charge in [0, 0.05) is 24.6 Å². The third-order valence-corrected chi connectivity index (χ3v) is 4.19. The molecular formula is C13H27NO. The molecule has 0 aromatic rings. The summed E-state index contributed by atoms with van der Waals surface area (Å²) in [7, 11) is 0. The third kappa shape index (κ3) is 3.76. The van der Waals surface area contributed by atoms with E-state index in [4.69, 9.17) is 0 Å². The molecule has 0 aromatic heterocycles. The molecule has 1 saturated carbocycles. The molecule has 0 aliphatic heterocycles. The summed E-state index contributed by atoms with van der Waals surface area (Å²) in [6.07, 6.45) is 6.61. The molecule has 0 radical (unpaired) electrons. The molecule has 15 heavy (non-hydrogen) atoms. The van der Waals surface area contributed by atoms with Gasteiger partial charge in [0.25, 0.3) is 0 Å². The van der Waals surface area contributed by atoms with Crippen LogP contribution < -0.4 is 5.32 Å². The Morgan fingerprint density at radius 1 is 1.40 bits per heavy atom. The van der Waals surface area contributed by atoms with Gasteiger partial charge >= 0.3 is 0 Å². The SMILES string of the molecule is CCC(C)(CO)CNC(C)C1CCCC1. The maximum Gasteiger partial charge on any atom is 0.0496 e. The third-order valence-electron chi connectivity index (χ3n) is 4.19. The predicted octanol–water partition coefficient (Wildman–Crippen LogP) is 2.56. The summed E-state index contributed by atoms with van der Waals surface area (Å²) in [5, 5.41) is 12.9. The summed E-state index contributed by atoms with van der Waals surface area (Å²) in [5.74, 6) is 0.866. The summed E-state index contributed by atoms with van der Waals surface area (Å²) in [6.45, 7) is 7.83. The first-order chi connectivity index (χ1) is 7.11. The average Bonchev–Trinajstić information content (AvgIpc) is 2.79. The van der Waals surface area contributed by atoms with Crippen LogP contribution in [-0.2, 0) is 0 Å². The lowest BCUT2D eigenvalue weighted by molar-refractivity contribution is 0.129. The second-order valence-corrected chi connectivity index (χ2v) is 5.54. The quantitative estimate of drug-likeness (QED) is 0.711. The van der Waals surface area contributed by atoms with Crippen LogP contribution in [0.2, 0.25) is 0 Å². The summed E-state index contributed by atoms with van der Waals surface area (Å²) in [5.41, 5.74) is 0.0624. The first-order valence-electron chi connectivity index (χ1n) is 6.45. The fraction of sp³-hybridized carbons (Fsp3) is 1.00. The first-order valence-corrected chi connectivity index (χ1v) is 6.45. The Labute approximate surface area is 94.5 Å². The monoisotopic (exact) mass is 213 g/mol. The molecule has 1 aliphatic rings. The second-order valence-electron chi connectivity index (χ2n) is 5.54. The number of hydrogen-bond acceptors (Lipinski definition) is 2. The van der Waals surface area contributed by atoms with Crippen molar-refractivity contribution < 1.29 is 5.11 Å². The van der Waals surface area contributed by atoms with Crippen molar-refractivity contribution in [2.45, 2.75) is 58.9 Å². The average molecular weight is 213 g/mol. The van der Waals surface area contributed by atoms with Crippen molar-refractivity contribution >= 4 is 0 Å². The summed E-state index contributed by atoms with van der Waals surface area (Å²) in [4.78, 5) is 0. The van der Waals surface area contributed by atoms with Crippen LogP contribution in [0.1, 0.15) is 52.9 Å². The van der Waals surface area contributed by atoms with Gasteiger partial charge < -0.3 is 10.4 Å². The van der Waals surface area contributed by atoms with E-state index in [1.807, 2.05) is 0 Å². The van der Waals surface area contributed by atoms with E-state index in [1.165, 1.54) is 25.7 Å². The van der Waals surface area contributed by atoms with Gasteiger partial charge in [0.05, 0.1) is 0 Å². The molecule has 0 aromatic carbocycles. The zero-order valence-electron chi connectivity index (χ0n) is 10.6. The molecular weight excluding hydrogens is 186 g/mol. The topological polar surface area (TPSA) is 32.3 Å². The van der Waals surface area contributed by atoms with Crippen molar-refractivity contribution in [2.75, 3.05) is 13.2 Å². The van der Waals surface area contributed by atoms with Gasteiger partial charge in [-0.05, 0) is 32.1 Å². The molecule has 0 amide bonds. The lowest BCUT2D eigenvalue weighted by atomic mass is 9.87. The van der Waals surface area contributed by atoms with Gasteiger partial charge in [0.1, 0.15) is 0 Å². The van der Waals surface area contributed by atoms with E-state index in [9.17, 15) is 5.11 Å². The molecule has 2 atom stereocenters. The Kier molecular flexibility index (Phi) is 5.07. The first kappa shape index (κ1) is 13.0. The highest BCUT2D eigenvalue weighted by Gasteiger charge is 2.25. The molecule has 2 heteroatoms. The van der Waals surface area contributed by atoms with E-state index in [0.29, 0.717) is 6.04 Å². The molecule has 2 unspecified atom stereocenters. The smallest absolute Gasteiger partial charge is 0.0496 e. The molecule has 1 fully saturated rings. The van der Waals surface area contributed by atoms with Crippen LogP contribution in [0.3, 0.4) is 0 Å². The molecule has 2 N–H and O–H groups in total.